The highest BCUT2D eigenvalue weighted by Gasteiger charge is 2.06. The van der Waals surface area contributed by atoms with E-state index in [2.05, 4.69) is 4.57 Å². The lowest BCUT2D eigenvalue weighted by Gasteiger charge is -2.08. The highest BCUT2D eigenvalue weighted by atomic mass is 19.1. The van der Waals surface area contributed by atoms with E-state index >= 15 is 0 Å². The van der Waals surface area contributed by atoms with Crippen LogP contribution in [0.15, 0.2) is 48.7 Å². The molecule has 0 spiro atoms. The van der Waals surface area contributed by atoms with E-state index in [0.717, 1.165) is 22.2 Å². The third-order valence-electron chi connectivity index (χ3n) is 3.55. The molecule has 0 bridgehead atoms. The molecule has 3 aromatic rings. The summed E-state index contributed by atoms with van der Waals surface area (Å²) >= 11 is 0. The van der Waals surface area contributed by atoms with Crippen molar-refractivity contribution in [3.63, 3.8) is 0 Å². The fraction of sp³-hybridized carbons (Fsp3) is 0.176. The summed E-state index contributed by atoms with van der Waals surface area (Å²) in [5, 5.41) is 1.10. The van der Waals surface area contributed by atoms with Crippen LogP contribution in [0.25, 0.3) is 10.9 Å². The van der Waals surface area contributed by atoms with Crippen molar-refractivity contribution in [3.8, 4) is 11.5 Å². The van der Waals surface area contributed by atoms with E-state index in [1.807, 2.05) is 36.5 Å². The molecule has 0 unspecified atom stereocenters. The second-order valence-electron chi connectivity index (χ2n) is 4.84. The average molecular weight is 285 g/mol. The van der Waals surface area contributed by atoms with E-state index < -0.39 is 0 Å². The second kappa shape index (κ2) is 5.48. The molecule has 0 aliphatic rings. The monoisotopic (exact) mass is 285 g/mol. The number of hydrogen-bond donors (Lipinski definition) is 0. The first-order valence-electron chi connectivity index (χ1n) is 6.66. The standard InChI is InChI=1S/C17H16FNO2/c1-20-14-4-5-16-13(10-14)7-8-19(16)11-12-3-6-17(21-2)15(18)9-12/h3-10H,11H2,1-2H3. The summed E-state index contributed by atoms with van der Waals surface area (Å²) in [6, 6.07) is 13.0. The van der Waals surface area contributed by atoms with Crippen molar-refractivity contribution in [1.29, 1.82) is 0 Å². The van der Waals surface area contributed by atoms with Crippen molar-refractivity contribution >= 4 is 10.9 Å². The van der Waals surface area contributed by atoms with Crippen LogP contribution >= 0.6 is 0 Å². The molecule has 0 aliphatic carbocycles. The number of benzene rings is 2. The number of methoxy groups -OCH3 is 2. The molecule has 4 heteroatoms. The highest BCUT2D eigenvalue weighted by molar-refractivity contribution is 5.81. The SMILES string of the molecule is COc1ccc2c(ccn2Cc2ccc(OC)c(F)c2)c1. The third-order valence-corrected chi connectivity index (χ3v) is 3.55. The van der Waals surface area contributed by atoms with E-state index in [9.17, 15) is 4.39 Å². The Balaban J connectivity index is 1.93. The van der Waals surface area contributed by atoms with Gasteiger partial charge in [0.2, 0.25) is 0 Å². The van der Waals surface area contributed by atoms with Crippen molar-refractivity contribution in [2.24, 2.45) is 0 Å². The highest BCUT2D eigenvalue weighted by Crippen LogP contribution is 2.24. The molecule has 21 heavy (non-hydrogen) atoms. The van der Waals surface area contributed by atoms with Gasteiger partial charge in [-0.15, -0.1) is 0 Å². The molecule has 0 fully saturated rings. The maximum atomic E-state index is 13.7. The van der Waals surface area contributed by atoms with Crippen LogP contribution in [-0.2, 0) is 6.54 Å². The Morgan fingerprint density at radius 3 is 2.57 bits per heavy atom. The lowest BCUT2D eigenvalue weighted by molar-refractivity contribution is 0.386. The Bertz CT molecular complexity index is 780. The molecular weight excluding hydrogens is 269 g/mol. The van der Waals surface area contributed by atoms with E-state index in [4.69, 9.17) is 9.47 Å². The number of rotatable bonds is 4. The van der Waals surface area contributed by atoms with Crippen LogP contribution in [0.5, 0.6) is 11.5 Å². The maximum Gasteiger partial charge on any atom is 0.165 e. The van der Waals surface area contributed by atoms with Gasteiger partial charge in [0.1, 0.15) is 5.75 Å². The Hall–Kier alpha value is -2.49. The van der Waals surface area contributed by atoms with Crippen molar-refractivity contribution in [2.75, 3.05) is 14.2 Å². The van der Waals surface area contributed by atoms with Crippen LogP contribution in [-0.4, -0.2) is 18.8 Å². The Morgan fingerprint density at radius 1 is 1.00 bits per heavy atom. The predicted molar refractivity (Wildman–Crippen MR) is 80.5 cm³/mol. The zero-order chi connectivity index (χ0) is 14.8. The first-order valence-corrected chi connectivity index (χ1v) is 6.66. The first-order chi connectivity index (χ1) is 10.2. The Kier molecular flexibility index (Phi) is 3.52. The number of fused-ring (bicyclic) bond motifs is 1. The fourth-order valence-electron chi connectivity index (χ4n) is 2.45. The van der Waals surface area contributed by atoms with E-state index in [-0.39, 0.29) is 11.6 Å². The van der Waals surface area contributed by atoms with Gasteiger partial charge in [0.15, 0.2) is 11.6 Å². The van der Waals surface area contributed by atoms with Gasteiger partial charge in [-0.2, -0.15) is 0 Å². The molecule has 0 N–H and O–H groups in total. The van der Waals surface area contributed by atoms with E-state index in [0.29, 0.717) is 6.54 Å². The molecule has 0 aliphatic heterocycles. The second-order valence-corrected chi connectivity index (χ2v) is 4.84. The summed E-state index contributed by atoms with van der Waals surface area (Å²) in [4.78, 5) is 0. The normalized spacial score (nSPS) is 10.8. The minimum Gasteiger partial charge on any atom is -0.497 e. The molecule has 108 valence electrons. The van der Waals surface area contributed by atoms with Gasteiger partial charge in [-0.05, 0) is 42.0 Å². The molecule has 0 radical (unpaired) electrons. The van der Waals surface area contributed by atoms with Crippen LogP contribution < -0.4 is 9.47 Å². The smallest absolute Gasteiger partial charge is 0.165 e. The summed E-state index contributed by atoms with van der Waals surface area (Å²) in [5.41, 5.74) is 1.98. The summed E-state index contributed by atoms with van der Waals surface area (Å²) in [6.45, 7) is 0.608. The van der Waals surface area contributed by atoms with Crippen LogP contribution in [0.1, 0.15) is 5.56 Å². The van der Waals surface area contributed by atoms with Gasteiger partial charge in [-0.1, -0.05) is 6.07 Å². The Labute approximate surface area is 122 Å². The zero-order valence-electron chi connectivity index (χ0n) is 12.0. The van der Waals surface area contributed by atoms with Gasteiger partial charge in [0, 0.05) is 23.6 Å². The van der Waals surface area contributed by atoms with Crippen LogP contribution in [0, 0.1) is 5.82 Å². The zero-order valence-corrected chi connectivity index (χ0v) is 12.0. The predicted octanol–water partition coefficient (Wildman–Crippen LogP) is 3.85. The lowest BCUT2D eigenvalue weighted by Crippen LogP contribution is -1.99. The maximum absolute atomic E-state index is 13.7. The number of aromatic nitrogens is 1. The van der Waals surface area contributed by atoms with Gasteiger partial charge in [-0.3, -0.25) is 0 Å². The van der Waals surface area contributed by atoms with Gasteiger partial charge in [0.05, 0.1) is 14.2 Å². The van der Waals surface area contributed by atoms with Crippen LogP contribution in [0.3, 0.4) is 0 Å². The van der Waals surface area contributed by atoms with Gasteiger partial charge < -0.3 is 14.0 Å². The minimum absolute atomic E-state index is 0.265. The third kappa shape index (κ3) is 2.57. The molecule has 1 heterocycles. The van der Waals surface area contributed by atoms with Crippen molar-refractivity contribution in [1.82, 2.24) is 4.57 Å². The Morgan fingerprint density at radius 2 is 1.86 bits per heavy atom. The molecule has 0 atom stereocenters. The molecule has 3 rings (SSSR count). The molecule has 0 saturated heterocycles. The van der Waals surface area contributed by atoms with E-state index in [1.165, 1.54) is 13.2 Å². The largest absolute Gasteiger partial charge is 0.497 e. The molecule has 2 aromatic carbocycles. The molecular formula is C17H16FNO2. The summed E-state index contributed by atoms with van der Waals surface area (Å²) in [7, 11) is 3.11. The van der Waals surface area contributed by atoms with Crippen molar-refractivity contribution < 1.29 is 13.9 Å². The van der Waals surface area contributed by atoms with Gasteiger partial charge >= 0.3 is 0 Å². The first kappa shape index (κ1) is 13.5. The summed E-state index contributed by atoms with van der Waals surface area (Å²) in [6.07, 6.45) is 1.99. The number of ether oxygens (including phenoxy) is 2. The van der Waals surface area contributed by atoms with Crippen molar-refractivity contribution in [2.45, 2.75) is 6.54 Å². The van der Waals surface area contributed by atoms with Gasteiger partial charge in [0.25, 0.3) is 0 Å². The van der Waals surface area contributed by atoms with Crippen molar-refractivity contribution in [3.05, 3.63) is 60.0 Å². The quantitative estimate of drug-likeness (QED) is 0.727. The number of nitrogens with zero attached hydrogens (tertiary/aromatic N) is 1. The fourth-order valence-corrected chi connectivity index (χ4v) is 2.45. The molecule has 3 nitrogen and oxygen atoms in total. The molecule has 1 aromatic heterocycles. The van der Waals surface area contributed by atoms with Gasteiger partial charge in [-0.25, -0.2) is 4.39 Å². The lowest BCUT2D eigenvalue weighted by atomic mass is 10.2. The topological polar surface area (TPSA) is 23.4 Å². The number of hydrogen-bond acceptors (Lipinski definition) is 2. The van der Waals surface area contributed by atoms with E-state index in [1.54, 1.807) is 13.2 Å². The summed E-state index contributed by atoms with van der Waals surface area (Å²) < 4.78 is 26.0. The van der Waals surface area contributed by atoms with Crippen LogP contribution in [0.2, 0.25) is 0 Å². The molecule has 0 saturated carbocycles. The van der Waals surface area contributed by atoms with Crippen LogP contribution in [0.4, 0.5) is 4.39 Å². The molecule has 0 amide bonds. The average Bonchev–Trinajstić information content (AvgIpc) is 2.89. The summed E-state index contributed by atoms with van der Waals surface area (Å²) in [5.74, 6) is 0.754. The number of halogens is 1. The minimum atomic E-state index is -0.340.